The average molecular weight is 394 g/mol. The number of fused-ring (bicyclic) bond motifs is 1. The summed E-state index contributed by atoms with van der Waals surface area (Å²) in [6, 6.07) is 9.33. The van der Waals surface area contributed by atoms with Gasteiger partial charge in [0.05, 0.1) is 44.1 Å². The van der Waals surface area contributed by atoms with E-state index in [0.717, 1.165) is 17.1 Å². The van der Waals surface area contributed by atoms with E-state index in [1.807, 2.05) is 29.2 Å². The maximum Gasteiger partial charge on any atom is 0.258 e. The molecule has 4 rings (SSSR count). The fraction of sp³-hybridized carbons (Fsp3) is 0.364. The number of ether oxygens (including phenoxy) is 2. The molecule has 152 valence electrons. The molecule has 1 aromatic carbocycles. The van der Waals surface area contributed by atoms with Gasteiger partial charge < -0.3 is 18.9 Å². The summed E-state index contributed by atoms with van der Waals surface area (Å²) in [6.45, 7) is 7.36. The molecule has 0 saturated carbocycles. The molecule has 0 fully saturated rings. The van der Waals surface area contributed by atoms with E-state index in [0.29, 0.717) is 30.2 Å². The monoisotopic (exact) mass is 394 g/mol. The van der Waals surface area contributed by atoms with E-state index in [2.05, 4.69) is 25.3 Å². The Kier molecular flexibility index (Phi) is 4.61. The summed E-state index contributed by atoms with van der Waals surface area (Å²) < 4.78 is 14.9. The summed E-state index contributed by atoms with van der Waals surface area (Å²) in [5.41, 5.74) is 2.32. The van der Waals surface area contributed by atoms with Gasteiger partial charge in [-0.15, -0.1) is 0 Å². The number of methoxy groups -OCH3 is 2. The normalized spacial score (nSPS) is 13.5. The van der Waals surface area contributed by atoms with Gasteiger partial charge in [-0.05, 0) is 45.0 Å². The van der Waals surface area contributed by atoms with Crippen molar-refractivity contribution in [1.82, 2.24) is 19.2 Å². The van der Waals surface area contributed by atoms with Gasteiger partial charge in [-0.3, -0.25) is 4.79 Å². The van der Waals surface area contributed by atoms with Crippen LogP contribution in [0.15, 0.2) is 42.7 Å². The van der Waals surface area contributed by atoms with E-state index in [1.54, 1.807) is 37.3 Å². The van der Waals surface area contributed by atoms with E-state index in [4.69, 9.17) is 14.6 Å². The highest BCUT2D eigenvalue weighted by Gasteiger charge is 2.35. The minimum absolute atomic E-state index is 0.0977. The maximum atomic E-state index is 13.3. The standard InChI is InChI=1S/C22H26N4O3/c1-22(2,3)26-20(24-11-6-7-12-24)16-13-25(14-17(16)23-26)21(27)15-9-8-10-18(28-4)19(15)29-5/h6-12H,13-14H2,1-5H3. The van der Waals surface area contributed by atoms with Gasteiger partial charge in [-0.2, -0.15) is 5.10 Å². The molecule has 0 N–H and O–H groups in total. The molecule has 0 bridgehead atoms. The summed E-state index contributed by atoms with van der Waals surface area (Å²) in [7, 11) is 3.11. The number of rotatable bonds is 4. The van der Waals surface area contributed by atoms with Gasteiger partial charge in [-0.25, -0.2) is 4.68 Å². The van der Waals surface area contributed by atoms with Gasteiger partial charge >= 0.3 is 0 Å². The lowest BCUT2D eigenvalue weighted by Gasteiger charge is -2.25. The molecular formula is C22H26N4O3. The van der Waals surface area contributed by atoms with Crippen molar-refractivity contribution in [3.8, 4) is 17.3 Å². The van der Waals surface area contributed by atoms with Crippen LogP contribution < -0.4 is 9.47 Å². The zero-order valence-electron chi connectivity index (χ0n) is 17.5. The molecule has 3 aromatic rings. The Morgan fingerprint density at radius 3 is 2.38 bits per heavy atom. The highest BCUT2D eigenvalue weighted by atomic mass is 16.5. The van der Waals surface area contributed by atoms with Gasteiger partial charge in [0.2, 0.25) is 0 Å². The first-order valence-electron chi connectivity index (χ1n) is 9.60. The van der Waals surface area contributed by atoms with Crippen molar-refractivity contribution in [1.29, 1.82) is 0 Å². The van der Waals surface area contributed by atoms with Crippen molar-refractivity contribution in [3.63, 3.8) is 0 Å². The largest absolute Gasteiger partial charge is 0.493 e. The van der Waals surface area contributed by atoms with Crippen molar-refractivity contribution < 1.29 is 14.3 Å². The van der Waals surface area contributed by atoms with Crippen molar-refractivity contribution in [2.45, 2.75) is 39.4 Å². The second kappa shape index (κ2) is 6.99. The number of hydrogen-bond donors (Lipinski definition) is 0. The minimum atomic E-state index is -0.172. The van der Waals surface area contributed by atoms with Crippen LogP contribution in [0.25, 0.3) is 5.82 Å². The summed E-state index contributed by atoms with van der Waals surface area (Å²) in [5.74, 6) is 1.90. The molecule has 1 amide bonds. The molecule has 1 aliphatic rings. The molecule has 0 unspecified atom stereocenters. The van der Waals surface area contributed by atoms with Gasteiger partial charge in [-0.1, -0.05) is 6.07 Å². The molecule has 29 heavy (non-hydrogen) atoms. The Hall–Kier alpha value is -3.22. The van der Waals surface area contributed by atoms with Crippen LogP contribution in [0.5, 0.6) is 11.5 Å². The smallest absolute Gasteiger partial charge is 0.258 e. The lowest BCUT2D eigenvalue weighted by Crippen LogP contribution is -2.30. The van der Waals surface area contributed by atoms with Gasteiger partial charge in [0.25, 0.3) is 5.91 Å². The Morgan fingerprint density at radius 1 is 1.03 bits per heavy atom. The van der Waals surface area contributed by atoms with Crippen LogP contribution in [-0.2, 0) is 18.6 Å². The lowest BCUT2D eigenvalue weighted by molar-refractivity contribution is 0.0744. The van der Waals surface area contributed by atoms with Crippen LogP contribution in [0.3, 0.4) is 0 Å². The summed E-state index contributed by atoms with van der Waals surface area (Å²) in [5, 5.41) is 4.87. The van der Waals surface area contributed by atoms with Crippen molar-refractivity contribution in [2.75, 3.05) is 14.2 Å². The first kappa shape index (κ1) is 19.1. The fourth-order valence-corrected chi connectivity index (χ4v) is 3.78. The van der Waals surface area contributed by atoms with Crippen LogP contribution in [0.4, 0.5) is 0 Å². The molecule has 7 heteroatoms. The van der Waals surface area contributed by atoms with E-state index in [1.165, 1.54) is 0 Å². The first-order chi connectivity index (χ1) is 13.8. The molecular weight excluding hydrogens is 368 g/mol. The fourth-order valence-electron chi connectivity index (χ4n) is 3.78. The third-order valence-electron chi connectivity index (χ3n) is 5.13. The number of carbonyl (C=O) groups is 1. The Morgan fingerprint density at radius 2 is 1.76 bits per heavy atom. The molecule has 0 atom stereocenters. The van der Waals surface area contributed by atoms with Crippen LogP contribution in [0.1, 0.15) is 42.4 Å². The highest BCUT2D eigenvalue weighted by molar-refractivity contribution is 5.98. The number of carbonyl (C=O) groups excluding carboxylic acids is 1. The number of benzene rings is 1. The molecule has 7 nitrogen and oxygen atoms in total. The predicted molar refractivity (Wildman–Crippen MR) is 110 cm³/mol. The van der Waals surface area contributed by atoms with Gasteiger partial charge in [0, 0.05) is 18.0 Å². The first-order valence-corrected chi connectivity index (χ1v) is 9.60. The third kappa shape index (κ3) is 3.16. The Balaban J connectivity index is 1.71. The molecule has 1 aliphatic heterocycles. The number of para-hydroxylation sites is 1. The summed E-state index contributed by atoms with van der Waals surface area (Å²) in [4.78, 5) is 15.1. The van der Waals surface area contributed by atoms with Gasteiger partial charge in [0.15, 0.2) is 11.5 Å². The van der Waals surface area contributed by atoms with E-state index >= 15 is 0 Å². The Labute approximate surface area is 170 Å². The Bertz CT molecular complexity index is 1040. The van der Waals surface area contributed by atoms with Crippen LogP contribution in [-0.4, -0.2) is 39.4 Å². The molecule has 0 saturated heterocycles. The van der Waals surface area contributed by atoms with Crippen molar-refractivity contribution in [3.05, 3.63) is 59.5 Å². The van der Waals surface area contributed by atoms with Gasteiger partial charge in [0.1, 0.15) is 5.82 Å². The SMILES string of the molecule is COc1cccc(C(=O)N2Cc3nn(C(C)(C)C)c(-n4cccc4)c3C2)c1OC. The number of aromatic nitrogens is 3. The van der Waals surface area contributed by atoms with Crippen LogP contribution in [0, 0.1) is 0 Å². The topological polar surface area (TPSA) is 61.5 Å². The molecule has 0 radical (unpaired) electrons. The summed E-state index contributed by atoms with van der Waals surface area (Å²) >= 11 is 0. The lowest BCUT2D eigenvalue weighted by atomic mass is 10.1. The second-order valence-electron chi connectivity index (χ2n) is 8.12. The van der Waals surface area contributed by atoms with Crippen LogP contribution in [0.2, 0.25) is 0 Å². The van der Waals surface area contributed by atoms with E-state index in [-0.39, 0.29) is 11.4 Å². The highest BCUT2D eigenvalue weighted by Crippen LogP contribution is 2.36. The van der Waals surface area contributed by atoms with Crippen molar-refractivity contribution in [2.24, 2.45) is 0 Å². The maximum absolute atomic E-state index is 13.3. The minimum Gasteiger partial charge on any atom is -0.493 e. The third-order valence-corrected chi connectivity index (χ3v) is 5.13. The zero-order valence-corrected chi connectivity index (χ0v) is 17.5. The number of amides is 1. The number of nitrogens with zero attached hydrogens (tertiary/aromatic N) is 4. The molecule has 3 heterocycles. The summed E-state index contributed by atoms with van der Waals surface area (Å²) in [6.07, 6.45) is 4.02. The van der Waals surface area contributed by atoms with Crippen molar-refractivity contribution >= 4 is 5.91 Å². The predicted octanol–water partition coefficient (Wildman–Crippen LogP) is 3.60. The number of hydrogen-bond acceptors (Lipinski definition) is 4. The quantitative estimate of drug-likeness (QED) is 0.678. The molecule has 2 aromatic heterocycles. The molecule has 0 aliphatic carbocycles. The zero-order chi connectivity index (χ0) is 20.8. The second-order valence-corrected chi connectivity index (χ2v) is 8.12. The molecule has 0 spiro atoms. The average Bonchev–Trinajstić information content (AvgIpc) is 3.41. The van der Waals surface area contributed by atoms with Crippen LogP contribution >= 0.6 is 0 Å². The van der Waals surface area contributed by atoms with E-state index < -0.39 is 0 Å². The van der Waals surface area contributed by atoms with E-state index in [9.17, 15) is 4.79 Å².